The minimum Gasteiger partial charge on any atom is -0.412 e. The van der Waals surface area contributed by atoms with E-state index in [1.165, 1.54) is 0 Å². The van der Waals surface area contributed by atoms with Gasteiger partial charge in [-0.05, 0) is 26.2 Å². The molecule has 1 aromatic rings. The smallest absolute Gasteiger partial charge is 0.284 e. The molecule has 2 heterocycles. The van der Waals surface area contributed by atoms with E-state index in [0.29, 0.717) is 10.7 Å². The number of hydrogen-bond donors (Lipinski definition) is 0. The Kier molecular flexibility index (Phi) is 2.38. The molecule has 1 aliphatic rings. The Balaban J connectivity index is 2.22. The van der Waals surface area contributed by atoms with Crippen LogP contribution in [0.2, 0.25) is 0 Å². The van der Waals surface area contributed by atoms with Crippen molar-refractivity contribution in [2.75, 3.05) is 6.61 Å². The average Bonchev–Trinajstić information content (AvgIpc) is 2.54. The summed E-state index contributed by atoms with van der Waals surface area (Å²) in [6.07, 6.45) is 3.21. The fourth-order valence-corrected chi connectivity index (χ4v) is 1.75. The largest absolute Gasteiger partial charge is 0.412 e. The van der Waals surface area contributed by atoms with Gasteiger partial charge in [0.15, 0.2) is 0 Å². The quantitative estimate of drug-likeness (QED) is 0.763. The predicted octanol–water partition coefficient (Wildman–Crippen LogP) is 2.25. The van der Waals surface area contributed by atoms with E-state index >= 15 is 0 Å². The van der Waals surface area contributed by atoms with Crippen LogP contribution in [0.15, 0.2) is 9.22 Å². The van der Waals surface area contributed by atoms with Gasteiger partial charge in [-0.25, -0.2) is 0 Å². The third-order valence-corrected chi connectivity index (χ3v) is 2.64. The summed E-state index contributed by atoms with van der Waals surface area (Å²) in [7, 11) is 0. The average molecular weight is 247 g/mol. The Morgan fingerprint density at radius 1 is 1.38 bits per heavy atom. The maximum absolute atomic E-state index is 5.65. The summed E-state index contributed by atoms with van der Waals surface area (Å²) in [6.45, 7) is 2.77. The molecule has 0 saturated carbocycles. The van der Waals surface area contributed by atoms with Gasteiger partial charge in [-0.1, -0.05) is 0 Å². The van der Waals surface area contributed by atoms with E-state index in [1.54, 1.807) is 0 Å². The molecule has 0 aromatic carbocycles. The van der Waals surface area contributed by atoms with E-state index in [4.69, 9.17) is 9.15 Å². The van der Waals surface area contributed by atoms with Gasteiger partial charge in [0.1, 0.15) is 5.60 Å². The Bertz CT molecular complexity index is 294. The van der Waals surface area contributed by atoms with E-state index in [2.05, 4.69) is 26.1 Å². The normalized spacial score (nSPS) is 29.1. The highest BCUT2D eigenvalue weighted by Gasteiger charge is 2.35. The van der Waals surface area contributed by atoms with E-state index in [-0.39, 0.29) is 5.60 Å². The summed E-state index contributed by atoms with van der Waals surface area (Å²) >= 11 is 3.13. The van der Waals surface area contributed by atoms with Gasteiger partial charge in [0, 0.05) is 22.5 Å². The van der Waals surface area contributed by atoms with Crippen molar-refractivity contribution in [2.45, 2.75) is 31.8 Å². The Morgan fingerprint density at radius 3 is 2.77 bits per heavy atom. The number of ether oxygens (including phenoxy) is 1. The maximum Gasteiger partial charge on any atom is 0.284 e. The van der Waals surface area contributed by atoms with Crippen molar-refractivity contribution in [3.05, 3.63) is 10.7 Å². The molecular weight excluding hydrogens is 236 g/mol. The third-order valence-electron chi connectivity index (χ3n) is 2.32. The van der Waals surface area contributed by atoms with Crippen molar-refractivity contribution in [1.82, 2.24) is 10.2 Å². The highest BCUT2D eigenvalue weighted by atomic mass is 79.9. The highest BCUT2D eigenvalue weighted by molar-refractivity contribution is 9.10. The van der Waals surface area contributed by atoms with Crippen molar-refractivity contribution in [1.29, 1.82) is 0 Å². The van der Waals surface area contributed by atoms with Gasteiger partial charge in [-0.3, -0.25) is 0 Å². The molecule has 72 valence electrons. The molecule has 2 rings (SSSR count). The second kappa shape index (κ2) is 3.38. The summed E-state index contributed by atoms with van der Waals surface area (Å²) in [5.74, 6) is 0.569. The SMILES string of the molecule is CC1(c2nnc(Br)o2)CCCCO1. The summed E-state index contributed by atoms with van der Waals surface area (Å²) in [5, 5.41) is 7.68. The van der Waals surface area contributed by atoms with Crippen molar-refractivity contribution >= 4 is 15.9 Å². The molecule has 5 heteroatoms. The van der Waals surface area contributed by atoms with Crippen molar-refractivity contribution < 1.29 is 9.15 Å². The minimum atomic E-state index is -0.378. The standard InChI is InChI=1S/C8H11BrN2O2/c1-8(4-2-3-5-12-8)6-10-11-7(9)13-6/h2-5H2,1H3. The fraction of sp³-hybridized carbons (Fsp3) is 0.750. The lowest BCUT2D eigenvalue weighted by atomic mass is 9.96. The topological polar surface area (TPSA) is 48.2 Å². The molecule has 1 unspecified atom stereocenters. The molecule has 0 aliphatic carbocycles. The van der Waals surface area contributed by atoms with Gasteiger partial charge in [-0.15, -0.1) is 10.2 Å². The summed E-state index contributed by atoms with van der Waals surface area (Å²) in [4.78, 5) is 0.415. The lowest BCUT2D eigenvalue weighted by molar-refractivity contribution is -0.0871. The Labute approximate surface area is 84.8 Å². The molecule has 0 radical (unpaired) electrons. The van der Waals surface area contributed by atoms with Crippen LogP contribution in [-0.2, 0) is 10.3 Å². The molecule has 1 fully saturated rings. The second-order valence-electron chi connectivity index (χ2n) is 3.40. The van der Waals surface area contributed by atoms with Gasteiger partial charge < -0.3 is 9.15 Å². The van der Waals surface area contributed by atoms with Crippen molar-refractivity contribution in [3.8, 4) is 0 Å². The van der Waals surface area contributed by atoms with Crippen LogP contribution in [0, 0.1) is 0 Å². The van der Waals surface area contributed by atoms with Crippen LogP contribution in [0.25, 0.3) is 0 Å². The first-order chi connectivity index (χ1) is 6.21. The van der Waals surface area contributed by atoms with Crippen molar-refractivity contribution in [2.24, 2.45) is 0 Å². The first kappa shape index (κ1) is 9.15. The molecule has 0 bridgehead atoms. The minimum absolute atomic E-state index is 0.378. The van der Waals surface area contributed by atoms with Crippen LogP contribution >= 0.6 is 15.9 Å². The molecular formula is C8H11BrN2O2. The first-order valence-electron chi connectivity index (χ1n) is 4.34. The van der Waals surface area contributed by atoms with Crippen LogP contribution in [-0.4, -0.2) is 16.8 Å². The number of rotatable bonds is 1. The molecule has 0 spiro atoms. The molecule has 1 aliphatic heterocycles. The first-order valence-corrected chi connectivity index (χ1v) is 5.13. The monoisotopic (exact) mass is 246 g/mol. The predicted molar refractivity (Wildman–Crippen MR) is 49.2 cm³/mol. The Hall–Kier alpha value is -0.420. The zero-order valence-corrected chi connectivity index (χ0v) is 9.00. The molecule has 4 nitrogen and oxygen atoms in total. The second-order valence-corrected chi connectivity index (χ2v) is 4.07. The summed E-state index contributed by atoms with van der Waals surface area (Å²) in [5.41, 5.74) is -0.378. The number of hydrogen-bond acceptors (Lipinski definition) is 4. The van der Waals surface area contributed by atoms with Crippen LogP contribution < -0.4 is 0 Å². The third kappa shape index (κ3) is 1.76. The van der Waals surface area contributed by atoms with Gasteiger partial charge in [0.2, 0.25) is 5.89 Å². The summed E-state index contributed by atoms with van der Waals surface area (Å²) < 4.78 is 10.9. The molecule has 0 amide bonds. The zero-order chi connectivity index (χ0) is 9.31. The van der Waals surface area contributed by atoms with Crippen LogP contribution in [0.1, 0.15) is 32.1 Å². The van der Waals surface area contributed by atoms with Crippen LogP contribution in [0.5, 0.6) is 0 Å². The maximum atomic E-state index is 5.65. The van der Waals surface area contributed by atoms with E-state index in [9.17, 15) is 0 Å². The highest BCUT2D eigenvalue weighted by Crippen LogP contribution is 2.34. The van der Waals surface area contributed by atoms with Gasteiger partial charge in [0.05, 0.1) is 0 Å². The van der Waals surface area contributed by atoms with Crippen molar-refractivity contribution in [3.63, 3.8) is 0 Å². The molecule has 1 atom stereocenters. The van der Waals surface area contributed by atoms with Crippen LogP contribution in [0.3, 0.4) is 0 Å². The number of halogens is 1. The van der Waals surface area contributed by atoms with Gasteiger partial charge in [0.25, 0.3) is 4.80 Å². The fourth-order valence-electron chi connectivity index (χ4n) is 1.52. The lowest BCUT2D eigenvalue weighted by Crippen LogP contribution is -2.30. The molecule has 1 saturated heterocycles. The molecule has 13 heavy (non-hydrogen) atoms. The molecule has 0 N–H and O–H groups in total. The van der Waals surface area contributed by atoms with E-state index in [0.717, 1.165) is 25.9 Å². The number of aromatic nitrogens is 2. The van der Waals surface area contributed by atoms with Gasteiger partial charge in [-0.2, -0.15) is 0 Å². The lowest BCUT2D eigenvalue weighted by Gasteiger charge is -2.30. The summed E-state index contributed by atoms with van der Waals surface area (Å²) in [6, 6.07) is 0. The Morgan fingerprint density at radius 2 is 2.23 bits per heavy atom. The van der Waals surface area contributed by atoms with E-state index < -0.39 is 0 Å². The van der Waals surface area contributed by atoms with Gasteiger partial charge >= 0.3 is 0 Å². The molecule has 1 aromatic heterocycles. The van der Waals surface area contributed by atoms with Crippen LogP contribution in [0.4, 0.5) is 0 Å². The number of nitrogens with zero attached hydrogens (tertiary/aromatic N) is 2. The zero-order valence-electron chi connectivity index (χ0n) is 7.42. The van der Waals surface area contributed by atoms with E-state index in [1.807, 2.05) is 6.92 Å².